The van der Waals surface area contributed by atoms with Gasteiger partial charge in [0.2, 0.25) is 0 Å². The first kappa shape index (κ1) is 14.3. The smallest absolute Gasteiger partial charge is 0.194 e. The van der Waals surface area contributed by atoms with Crippen LogP contribution in [0.2, 0.25) is 0 Å². The number of thiocarbonyl (C=S) groups is 1. The van der Waals surface area contributed by atoms with Crippen LogP contribution >= 0.6 is 12.2 Å². The van der Waals surface area contributed by atoms with E-state index < -0.39 is 17.5 Å². The molecule has 0 aliphatic heterocycles. The van der Waals surface area contributed by atoms with Crippen molar-refractivity contribution in [3.05, 3.63) is 53.0 Å². The highest BCUT2D eigenvalue weighted by Crippen LogP contribution is 2.24. The molecule has 0 aliphatic rings. The van der Waals surface area contributed by atoms with E-state index in [1.165, 1.54) is 6.20 Å². The maximum absolute atomic E-state index is 13.2. The fourth-order valence-electron chi connectivity index (χ4n) is 1.73. The van der Waals surface area contributed by atoms with Crippen LogP contribution in [0.1, 0.15) is 11.1 Å². The van der Waals surface area contributed by atoms with Crippen LogP contribution in [-0.2, 0) is 0 Å². The van der Waals surface area contributed by atoms with Crippen molar-refractivity contribution in [2.45, 2.75) is 6.92 Å². The van der Waals surface area contributed by atoms with Gasteiger partial charge in [0, 0.05) is 24.0 Å². The zero-order valence-corrected chi connectivity index (χ0v) is 11.2. The number of rotatable bonds is 3. The number of halogens is 3. The molecule has 7 heteroatoms. The van der Waals surface area contributed by atoms with E-state index in [4.69, 9.17) is 18.0 Å². The van der Waals surface area contributed by atoms with Crippen LogP contribution in [-0.4, -0.2) is 9.97 Å². The van der Waals surface area contributed by atoms with Crippen LogP contribution in [0, 0.1) is 24.4 Å². The highest BCUT2D eigenvalue weighted by Gasteiger charge is 2.14. The Hall–Kier alpha value is -2.15. The van der Waals surface area contributed by atoms with Crippen molar-refractivity contribution in [1.82, 2.24) is 4.98 Å². The van der Waals surface area contributed by atoms with Gasteiger partial charge in [-0.1, -0.05) is 12.2 Å². The standard InChI is InChI=1S/C13H10F3N3S/c1-6-2-3-18-13(10(6)12(17)20)19-7-4-8(14)11(16)9(15)5-7/h2-5H,1H3,(H2,17,20)(H,18,19). The van der Waals surface area contributed by atoms with Gasteiger partial charge >= 0.3 is 0 Å². The predicted octanol–water partition coefficient (Wildman–Crippen LogP) is 3.19. The molecule has 104 valence electrons. The normalized spacial score (nSPS) is 10.4. The van der Waals surface area contributed by atoms with Crippen molar-refractivity contribution >= 4 is 28.7 Å². The summed E-state index contributed by atoms with van der Waals surface area (Å²) in [6, 6.07) is 3.35. The number of nitrogens with one attached hydrogen (secondary N) is 1. The van der Waals surface area contributed by atoms with Gasteiger partial charge in [0.1, 0.15) is 10.8 Å². The van der Waals surface area contributed by atoms with Gasteiger partial charge in [-0.15, -0.1) is 0 Å². The van der Waals surface area contributed by atoms with E-state index in [1.807, 2.05) is 0 Å². The summed E-state index contributed by atoms with van der Waals surface area (Å²) in [4.78, 5) is 4.12. The average Bonchev–Trinajstić information content (AvgIpc) is 2.35. The van der Waals surface area contributed by atoms with Gasteiger partial charge < -0.3 is 11.1 Å². The van der Waals surface area contributed by atoms with Crippen molar-refractivity contribution in [1.29, 1.82) is 0 Å². The summed E-state index contributed by atoms with van der Waals surface area (Å²) in [6.07, 6.45) is 1.50. The monoisotopic (exact) mass is 297 g/mol. The number of anilines is 2. The lowest BCUT2D eigenvalue weighted by atomic mass is 10.1. The Kier molecular flexibility index (Phi) is 3.89. The Labute approximate surface area is 118 Å². The van der Waals surface area contributed by atoms with E-state index in [1.54, 1.807) is 13.0 Å². The van der Waals surface area contributed by atoms with Crippen LogP contribution in [0.25, 0.3) is 0 Å². The molecule has 1 aromatic heterocycles. The fraction of sp³-hybridized carbons (Fsp3) is 0.0769. The molecule has 1 aromatic carbocycles. The molecule has 0 radical (unpaired) electrons. The first-order valence-electron chi connectivity index (χ1n) is 5.57. The SMILES string of the molecule is Cc1ccnc(Nc2cc(F)c(F)c(F)c2)c1C(N)=S. The largest absolute Gasteiger partial charge is 0.389 e. The zero-order valence-electron chi connectivity index (χ0n) is 10.4. The fourth-order valence-corrected chi connectivity index (χ4v) is 1.99. The Bertz CT molecular complexity index is 666. The molecule has 0 bridgehead atoms. The predicted molar refractivity (Wildman–Crippen MR) is 74.5 cm³/mol. The molecular weight excluding hydrogens is 287 g/mol. The molecule has 0 saturated heterocycles. The molecule has 1 heterocycles. The van der Waals surface area contributed by atoms with E-state index in [2.05, 4.69) is 10.3 Å². The zero-order chi connectivity index (χ0) is 14.9. The molecule has 3 N–H and O–H groups in total. The topological polar surface area (TPSA) is 50.9 Å². The van der Waals surface area contributed by atoms with Gasteiger partial charge in [-0.2, -0.15) is 0 Å². The number of pyridine rings is 1. The number of nitrogens with two attached hydrogens (primary N) is 1. The van der Waals surface area contributed by atoms with Crippen molar-refractivity contribution in [3.8, 4) is 0 Å². The molecule has 0 fully saturated rings. The molecular formula is C13H10F3N3S. The number of aromatic nitrogens is 1. The molecule has 3 nitrogen and oxygen atoms in total. The number of hydrogen-bond acceptors (Lipinski definition) is 3. The van der Waals surface area contributed by atoms with Crippen LogP contribution < -0.4 is 11.1 Å². The molecule has 0 atom stereocenters. The molecule has 2 rings (SSSR count). The summed E-state index contributed by atoms with van der Waals surface area (Å²) in [5.41, 5.74) is 6.83. The Morgan fingerprint density at radius 1 is 1.25 bits per heavy atom. The molecule has 0 spiro atoms. The van der Waals surface area contributed by atoms with E-state index >= 15 is 0 Å². The lowest BCUT2D eigenvalue weighted by Gasteiger charge is -2.12. The Morgan fingerprint density at radius 3 is 2.40 bits per heavy atom. The van der Waals surface area contributed by atoms with Crippen LogP contribution in [0.5, 0.6) is 0 Å². The number of nitrogens with zero attached hydrogens (tertiary/aromatic N) is 1. The Morgan fingerprint density at radius 2 is 1.85 bits per heavy atom. The molecule has 0 unspecified atom stereocenters. The quantitative estimate of drug-likeness (QED) is 0.675. The minimum Gasteiger partial charge on any atom is -0.389 e. The second kappa shape index (κ2) is 5.46. The molecule has 2 aromatic rings. The summed E-state index contributed by atoms with van der Waals surface area (Å²) in [6.45, 7) is 1.77. The van der Waals surface area contributed by atoms with Gasteiger partial charge in [-0.05, 0) is 18.6 Å². The van der Waals surface area contributed by atoms with Gasteiger partial charge in [0.05, 0.1) is 5.56 Å². The van der Waals surface area contributed by atoms with E-state index in [9.17, 15) is 13.2 Å². The van der Waals surface area contributed by atoms with Crippen molar-refractivity contribution < 1.29 is 13.2 Å². The summed E-state index contributed by atoms with van der Waals surface area (Å²) >= 11 is 4.92. The number of aryl methyl sites for hydroxylation is 1. The van der Waals surface area contributed by atoms with Crippen LogP contribution in [0.15, 0.2) is 24.4 Å². The van der Waals surface area contributed by atoms with Gasteiger partial charge in [-0.25, -0.2) is 18.2 Å². The highest BCUT2D eigenvalue weighted by molar-refractivity contribution is 7.80. The molecule has 0 aliphatic carbocycles. The summed E-state index contributed by atoms with van der Waals surface area (Å²) in [5.74, 6) is -3.86. The molecule has 20 heavy (non-hydrogen) atoms. The lowest BCUT2D eigenvalue weighted by Crippen LogP contribution is -2.15. The number of hydrogen-bond donors (Lipinski definition) is 2. The van der Waals surface area contributed by atoms with E-state index in [0.717, 1.165) is 17.7 Å². The highest BCUT2D eigenvalue weighted by atomic mass is 32.1. The molecule has 0 amide bonds. The second-order valence-corrected chi connectivity index (χ2v) is 4.53. The van der Waals surface area contributed by atoms with Gasteiger partial charge in [-0.3, -0.25) is 0 Å². The maximum atomic E-state index is 13.2. The summed E-state index contributed by atoms with van der Waals surface area (Å²) in [7, 11) is 0. The maximum Gasteiger partial charge on any atom is 0.194 e. The van der Waals surface area contributed by atoms with Gasteiger partial charge in [0.25, 0.3) is 0 Å². The third kappa shape index (κ3) is 2.72. The van der Waals surface area contributed by atoms with Gasteiger partial charge in [0.15, 0.2) is 17.5 Å². The summed E-state index contributed by atoms with van der Waals surface area (Å²) in [5, 5.41) is 2.68. The first-order valence-corrected chi connectivity index (χ1v) is 5.98. The third-order valence-electron chi connectivity index (χ3n) is 2.65. The van der Waals surface area contributed by atoms with Crippen LogP contribution in [0.4, 0.5) is 24.7 Å². The minimum absolute atomic E-state index is 0.0111. The number of benzene rings is 1. The lowest BCUT2D eigenvalue weighted by molar-refractivity contribution is 0.448. The third-order valence-corrected chi connectivity index (χ3v) is 2.86. The van der Waals surface area contributed by atoms with E-state index in [-0.39, 0.29) is 16.5 Å². The Balaban J connectivity index is 2.45. The van der Waals surface area contributed by atoms with Crippen molar-refractivity contribution in [3.63, 3.8) is 0 Å². The minimum atomic E-state index is -1.53. The first-order chi connectivity index (χ1) is 9.40. The van der Waals surface area contributed by atoms with Crippen molar-refractivity contribution in [2.24, 2.45) is 5.73 Å². The second-order valence-electron chi connectivity index (χ2n) is 4.09. The van der Waals surface area contributed by atoms with Crippen molar-refractivity contribution in [2.75, 3.05) is 5.32 Å². The van der Waals surface area contributed by atoms with Crippen LogP contribution in [0.3, 0.4) is 0 Å². The van der Waals surface area contributed by atoms with E-state index in [0.29, 0.717) is 5.56 Å². The average molecular weight is 297 g/mol. The molecule has 0 saturated carbocycles. The summed E-state index contributed by atoms with van der Waals surface area (Å²) < 4.78 is 39.2.